The van der Waals surface area contributed by atoms with Gasteiger partial charge in [0.15, 0.2) is 0 Å². The van der Waals surface area contributed by atoms with Crippen LogP contribution in [-0.2, 0) is 16.1 Å². The van der Waals surface area contributed by atoms with Gasteiger partial charge in [-0.2, -0.15) is 0 Å². The fourth-order valence-corrected chi connectivity index (χ4v) is 4.19. The predicted molar refractivity (Wildman–Crippen MR) is 124 cm³/mol. The fraction of sp³-hybridized carbons (Fsp3) is 0.348. The van der Waals surface area contributed by atoms with E-state index in [2.05, 4.69) is 16.0 Å². The average Bonchev–Trinajstić information content (AvgIpc) is 2.82. The summed E-state index contributed by atoms with van der Waals surface area (Å²) in [5.41, 5.74) is 1.24. The molecule has 2 heterocycles. The first-order valence-corrected chi connectivity index (χ1v) is 11.2. The third-order valence-electron chi connectivity index (χ3n) is 5.55. The number of benzene rings is 2. The smallest absolute Gasteiger partial charge is 0.328 e. The third kappa shape index (κ3) is 5.11. The van der Waals surface area contributed by atoms with Gasteiger partial charge < -0.3 is 15.4 Å². The van der Waals surface area contributed by atoms with Gasteiger partial charge in [0.2, 0.25) is 5.91 Å². The molecule has 10 heteroatoms. The molecule has 33 heavy (non-hydrogen) atoms. The predicted octanol–water partition coefficient (Wildman–Crippen LogP) is 2.03. The van der Waals surface area contributed by atoms with Crippen LogP contribution in [0.4, 0.5) is 10.5 Å². The van der Waals surface area contributed by atoms with Crippen LogP contribution in [-0.4, -0.2) is 66.1 Å². The van der Waals surface area contributed by atoms with Crippen molar-refractivity contribution in [3.8, 4) is 5.75 Å². The molecule has 0 aromatic heterocycles. The van der Waals surface area contributed by atoms with Crippen molar-refractivity contribution in [2.75, 3.05) is 31.6 Å². The number of hydrogen-bond acceptors (Lipinski definition) is 6. The number of urea groups is 1. The molecule has 4 amide bonds. The summed E-state index contributed by atoms with van der Waals surface area (Å²) in [6, 6.07) is 12.9. The number of fused-ring (bicyclic) bond motifs is 1. The molecule has 2 aliphatic heterocycles. The van der Waals surface area contributed by atoms with E-state index in [1.54, 1.807) is 48.5 Å². The highest BCUT2D eigenvalue weighted by molar-refractivity contribution is 6.31. The number of carbonyl (C=O) groups is 3. The molecule has 0 radical (unpaired) electrons. The Morgan fingerprint density at radius 3 is 2.58 bits per heavy atom. The van der Waals surface area contributed by atoms with Crippen molar-refractivity contribution >= 4 is 35.1 Å². The zero-order valence-electron chi connectivity index (χ0n) is 18.2. The molecule has 174 valence electrons. The Bertz CT molecular complexity index is 1030. The highest BCUT2D eigenvalue weighted by atomic mass is 35.5. The molecule has 3 N–H and O–H groups in total. The molecule has 2 aliphatic rings. The number of nitrogens with zero attached hydrogens (tertiary/aromatic N) is 2. The Morgan fingerprint density at radius 1 is 1.12 bits per heavy atom. The maximum absolute atomic E-state index is 13.3. The van der Waals surface area contributed by atoms with E-state index in [-0.39, 0.29) is 24.9 Å². The fourth-order valence-electron chi connectivity index (χ4n) is 3.99. The topological polar surface area (TPSA) is 103 Å². The van der Waals surface area contributed by atoms with Crippen LogP contribution in [0.2, 0.25) is 5.02 Å². The van der Waals surface area contributed by atoms with Gasteiger partial charge in [-0.15, -0.1) is 0 Å². The van der Waals surface area contributed by atoms with Gasteiger partial charge in [-0.3, -0.25) is 24.7 Å². The van der Waals surface area contributed by atoms with Gasteiger partial charge in [0, 0.05) is 23.8 Å². The minimum Gasteiger partial charge on any atom is -0.494 e. The molecule has 0 aliphatic carbocycles. The highest BCUT2D eigenvalue weighted by Gasteiger charge is 2.47. The summed E-state index contributed by atoms with van der Waals surface area (Å²) in [5.74, 6) is -0.0123. The Hall–Kier alpha value is -3.14. The normalized spacial score (nSPS) is 20.4. The molecule has 9 nitrogen and oxygen atoms in total. The first kappa shape index (κ1) is 23.0. The number of nitrogens with one attached hydrogen (secondary N) is 3. The van der Waals surface area contributed by atoms with Crippen molar-refractivity contribution in [2.24, 2.45) is 0 Å². The zero-order chi connectivity index (χ0) is 23.4. The molecule has 4 rings (SSSR count). The lowest BCUT2D eigenvalue weighted by atomic mass is 10.1. The minimum atomic E-state index is -0.655. The molecule has 0 saturated carbocycles. The third-order valence-corrected chi connectivity index (χ3v) is 5.92. The number of piperazine rings is 1. The van der Waals surface area contributed by atoms with Crippen LogP contribution in [0.1, 0.15) is 12.5 Å². The molecule has 2 atom stereocenters. The summed E-state index contributed by atoms with van der Waals surface area (Å²) in [4.78, 5) is 41.8. The van der Waals surface area contributed by atoms with Crippen molar-refractivity contribution in [1.29, 1.82) is 0 Å². The number of ether oxygens (including phenoxy) is 1. The first-order valence-electron chi connectivity index (χ1n) is 10.8. The number of amides is 4. The molecular weight excluding hydrogens is 446 g/mol. The summed E-state index contributed by atoms with van der Waals surface area (Å²) in [7, 11) is 0. The van der Waals surface area contributed by atoms with Crippen LogP contribution in [0, 0.1) is 0 Å². The van der Waals surface area contributed by atoms with E-state index in [0.29, 0.717) is 41.7 Å². The molecule has 2 aromatic carbocycles. The molecule has 2 unspecified atom stereocenters. The Balaban J connectivity index is 1.51. The quantitative estimate of drug-likeness (QED) is 0.571. The lowest BCUT2D eigenvalue weighted by molar-refractivity contribution is -0.139. The van der Waals surface area contributed by atoms with Crippen LogP contribution in [0.5, 0.6) is 5.75 Å². The second-order valence-corrected chi connectivity index (χ2v) is 8.17. The van der Waals surface area contributed by atoms with Gasteiger partial charge in [0.25, 0.3) is 5.91 Å². The van der Waals surface area contributed by atoms with E-state index >= 15 is 0 Å². The van der Waals surface area contributed by atoms with Crippen molar-refractivity contribution in [3.63, 3.8) is 0 Å². The van der Waals surface area contributed by atoms with Gasteiger partial charge in [0.05, 0.1) is 13.2 Å². The first-order chi connectivity index (χ1) is 16.0. The van der Waals surface area contributed by atoms with Crippen LogP contribution in [0.3, 0.4) is 0 Å². The van der Waals surface area contributed by atoms with Crippen molar-refractivity contribution in [1.82, 2.24) is 20.4 Å². The van der Waals surface area contributed by atoms with Gasteiger partial charge in [0.1, 0.15) is 24.5 Å². The second-order valence-electron chi connectivity index (χ2n) is 7.76. The van der Waals surface area contributed by atoms with Crippen molar-refractivity contribution in [3.05, 3.63) is 59.1 Å². The number of anilines is 1. The summed E-state index contributed by atoms with van der Waals surface area (Å²) in [6.45, 7) is 3.41. The van der Waals surface area contributed by atoms with Crippen LogP contribution < -0.4 is 20.7 Å². The van der Waals surface area contributed by atoms with E-state index in [1.807, 2.05) is 6.92 Å². The van der Waals surface area contributed by atoms with Crippen LogP contribution in [0.25, 0.3) is 0 Å². The Kier molecular flexibility index (Phi) is 7.12. The van der Waals surface area contributed by atoms with E-state index in [1.165, 1.54) is 4.90 Å². The molecular formula is C23H26ClN5O4. The summed E-state index contributed by atoms with van der Waals surface area (Å²) < 4.78 is 5.41. The van der Waals surface area contributed by atoms with Gasteiger partial charge in [-0.05, 0) is 42.8 Å². The maximum Gasteiger partial charge on any atom is 0.328 e. The highest BCUT2D eigenvalue weighted by Crippen LogP contribution is 2.24. The molecule has 0 bridgehead atoms. The molecule has 2 saturated heterocycles. The van der Waals surface area contributed by atoms with Crippen molar-refractivity contribution < 1.29 is 19.1 Å². The van der Waals surface area contributed by atoms with Crippen molar-refractivity contribution in [2.45, 2.75) is 25.7 Å². The number of halogens is 1. The summed E-state index contributed by atoms with van der Waals surface area (Å²) >= 11 is 6.25. The van der Waals surface area contributed by atoms with E-state index in [4.69, 9.17) is 16.3 Å². The monoisotopic (exact) mass is 471 g/mol. The SMILES string of the molecule is CCOc1ccc(NC(=O)CN2C(=O)N(Cc3ccccc3Cl)C(=O)C3NCCNC32)cc1. The summed E-state index contributed by atoms with van der Waals surface area (Å²) in [5, 5.41) is 9.62. The summed E-state index contributed by atoms with van der Waals surface area (Å²) in [6.07, 6.45) is -0.618. The van der Waals surface area contributed by atoms with E-state index < -0.39 is 18.2 Å². The van der Waals surface area contributed by atoms with Gasteiger partial charge in [-0.1, -0.05) is 29.8 Å². The minimum absolute atomic E-state index is 0.0270. The largest absolute Gasteiger partial charge is 0.494 e. The van der Waals surface area contributed by atoms with Crippen LogP contribution in [0.15, 0.2) is 48.5 Å². The lowest BCUT2D eigenvalue weighted by Gasteiger charge is -2.47. The number of imide groups is 1. The van der Waals surface area contributed by atoms with Gasteiger partial charge >= 0.3 is 6.03 Å². The van der Waals surface area contributed by atoms with Gasteiger partial charge in [-0.25, -0.2) is 4.79 Å². The number of carbonyl (C=O) groups excluding carboxylic acids is 3. The number of rotatable bonds is 7. The number of hydrogen-bond donors (Lipinski definition) is 3. The van der Waals surface area contributed by atoms with E-state index in [0.717, 1.165) is 4.90 Å². The molecule has 2 fully saturated rings. The Labute approximate surface area is 197 Å². The zero-order valence-corrected chi connectivity index (χ0v) is 19.0. The average molecular weight is 472 g/mol. The molecule has 2 aromatic rings. The van der Waals surface area contributed by atoms with E-state index in [9.17, 15) is 14.4 Å². The van der Waals surface area contributed by atoms with Crippen LogP contribution >= 0.6 is 11.6 Å². The second kappa shape index (κ2) is 10.2. The Morgan fingerprint density at radius 2 is 1.85 bits per heavy atom. The maximum atomic E-state index is 13.3. The molecule has 0 spiro atoms. The lowest BCUT2D eigenvalue weighted by Crippen LogP contribution is -2.75. The standard InChI is InChI=1S/C23H26ClN5O4/c1-2-33-17-9-7-16(8-10-17)27-19(30)14-28-21-20(25-11-12-26-21)22(31)29(23(28)32)13-15-5-3-4-6-18(15)24/h3-10,20-21,25-26H,2,11-14H2,1H3,(H,27,30).